The molecule has 1 amide bonds. The summed E-state index contributed by atoms with van der Waals surface area (Å²) in [7, 11) is 0. The smallest absolute Gasteiger partial charge is 0.289 e. The van der Waals surface area contributed by atoms with Crippen LogP contribution in [0.2, 0.25) is 0 Å². The van der Waals surface area contributed by atoms with Gasteiger partial charge in [0.05, 0.1) is 6.54 Å². The fourth-order valence-electron chi connectivity index (χ4n) is 1.20. The standard InChI is InChI=1S/C11H13FN2O2/c1-7-2-3-9(12)4-8(7)6-14-11(16)10(15)5-13/h2-4H,5-6,13H2,1H3,(H,14,16). The van der Waals surface area contributed by atoms with E-state index in [2.05, 4.69) is 5.32 Å². The van der Waals surface area contributed by atoms with Crippen LogP contribution in [0.4, 0.5) is 4.39 Å². The Morgan fingerprint density at radius 1 is 1.44 bits per heavy atom. The van der Waals surface area contributed by atoms with Gasteiger partial charge in [0.2, 0.25) is 5.78 Å². The van der Waals surface area contributed by atoms with Crippen LogP contribution in [0.25, 0.3) is 0 Å². The molecular formula is C11H13FN2O2. The molecule has 0 fully saturated rings. The monoisotopic (exact) mass is 224 g/mol. The van der Waals surface area contributed by atoms with Crippen LogP contribution < -0.4 is 11.1 Å². The highest BCUT2D eigenvalue weighted by Gasteiger charge is 2.11. The number of ketones is 1. The van der Waals surface area contributed by atoms with Gasteiger partial charge in [0.1, 0.15) is 5.82 Å². The Morgan fingerprint density at radius 3 is 2.75 bits per heavy atom. The second-order valence-electron chi connectivity index (χ2n) is 3.38. The fourth-order valence-corrected chi connectivity index (χ4v) is 1.20. The molecule has 1 aromatic carbocycles. The first-order valence-corrected chi connectivity index (χ1v) is 4.80. The molecule has 3 N–H and O–H groups in total. The summed E-state index contributed by atoms with van der Waals surface area (Å²) in [6.07, 6.45) is 0. The summed E-state index contributed by atoms with van der Waals surface area (Å²) < 4.78 is 12.9. The lowest BCUT2D eigenvalue weighted by Gasteiger charge is -2.07. The maximum absolute atomic E-state index is 12.9. The largest absolute Gasteiger partial charge is 0.345 e. The van der Waals surface area contributed by atoms with Crippen molar-refractivity contribution in [2.75, 3.05) is 6.54 Å². The van der Waals surface area contributed by atoms with Crippen molar-refractivity contribution in [2.45, 2.75) is 13.5 Å². The topological polar surface area (TPSA) is 72.2 Å². The van der Waals surface area contributed by atoms with E-state index in [4.69, 9.17) is 5.73 Å². The van der Waals surface area contributed by atoms with Crippen LogP contribution in [-0.4, -0.2) is 18.2 Å². The fraction of sp³-hybridized carbons (Fsp3) is 0.273. The van der Waals surface area contributed by atoms with Gasteiger partial charge in [0, 0.05) is 6.54 Å². The Hall–Kier alpha value is -1.75. The molecule has 0 saturated heterocycles. The maximum Gasteiger partial charge on any atom is 0.289 e. The molecule has 0 aliphatic heterocycles. The second kappa shape index (κ2) is 5.37. The molecule has 0 saturated carbocycles. The summed E-state index contributed by atoms with van der Waals surface area (Å²) in [5.74, 6) is -1.81. The third-order valence-electron chi connectivity index (χ3n) is 2.19. The van der Waals surface area contributed by atoms with E-state index in [9.17, 15) is 14.0 Å². The number of benzene rings is 1. The van der Waals surface area contributed by atoms with Crippen LogP contribution in [0.1, 0.15) is 11.1 Å². The summed E-state index contributed by atoms with van der Waals surface area (Å²) in [4.78, 5) is 22.0. The number of hydrogen-bond acceptors (Lipinski definition) is 3. The van der Waals surface area contributed by atoms with Crippen LogP contribution in [0, 0.1) is 12.7 Å². The molecule has 0 aliphatic carbocycles. The quantitative estimate of drug-likeness (QED) is 0.721. The molecule has 1 rings (SSSR count). The van der Waals surface area contributed by atoms with E-state index < -0.39 is 11.7 Å². The highest BCUT2D eigenvalue weighted by molar-refractivity contribution is 6.36. The predicted molar refractivity (Wildman–Crippen MR) is 57.0 cm³/mol. The van der Waals surface area contributed by atoms with Crippen molar-refractivity contribution >= 4 is 11.7 Å². The van der Waals surface area contributed by atoms with Gasteiger partial charge in [-0.15, -0.1) is 0 Å². The molecule has 16 heavy (non-hydrogen) atoms. The molecule has 86 valence electrons. The van der Waals surface area contributed by atoms with Crippen molar-refractivity contribution in [3.05, 3.63) is 35.1 Å². The van der Waals surface area contributed by atoms with E-state index >= 15 is 0 Å². The number of carbonyl (C=O) groups excluding carboxylic acids is 2. The number of nitrogens with two attached hydrogens (primary N) is 1. The zero-order valence-electron chi connectivity index (χ0n) is 8.92. The lowest BCUT2D eigenvalue weighted by molar-refractivity contribution is -0.137. The third-order valence-corrected chi connectivity index (χ3v) is 2.19. The van der Waals surface area contributed by atoms with Gasteiger partial charge in [0.15, 0.2) is 0 Å². The zero-order valence-corrected chi connectivity index (χ0v) is 8.92. The minimum atomic E-state index is -0.744. The predicted octanol–water partition coefficient (Wildman–Crippen LogP) is 0.278. The number of carbonyl (C=O) groups is 2. The van der Waals surface area contributed by atoms with Crippen LogP contribution in [0.5, 0.6) is 0 Å². The van der Waals surface area contributed by atoms with E-state index in [1.807, 2.05) is 0 Å². The van der Waals surface area contributed by atoms with Crippen LogP contribution in [0.3, 0.4) is 0 Å². The molecule has 0 heterocycles. The Kier molecular flexibility index (Phi) is 4.13. The lowest BCUT2D eigenvalue weighted by Crippen LogP contribution is -2.34. The van der Waals surface area contributed by atoms with Gasteiger partial charge >= 0.3 is 0 Å². The van der Waals surface area contributed by atoms with Gasteiger partial charge in [-0.25, -0.2) is 4.39 Å². The normalized spacial score (nSPS) is 9.94. The Labute approximate surface area is 92.6 Å². The summed E-state index contributed by atoms with van der Waals surface area (Å²) in [5.41, 5.74) is 6.51. The minimum Gasteiger partial charge on any atom is -0.345 e. The highest BCUT2D eigenvalue weighted by atomic mass is 19.1. The van der Waals surface area contributed by atoms with Gasteiger partial charge in [-0.3, -0.25) is 9.59 Å². The summed E-state index contributed by atoms with van der Waals surface area (Å²) in [6.45, 7) is 1.59. The molecular weight excluding hydrogens is 211 g/mol. The number of hydrogen-bond donors (Lipinski definition) is 2. The molecule has 0 radical (unpaired) electrons. The molecule has 0 aliphatic rings. The molecule has 5 heteroatoms. The lowest BCUT2D eigenvalue weighted by atomic mass is 10.1. The third kappa shape index (κ3) is 3.13. The number of rotatable bonds is 4. The second-order valence-corrected chi connectivity index (χ2v) is 3.38. The van der Waals surface area contributed by atoms with Crippen molar-refractivity contribution in [2.24, 2.45) is 5.73 Å². The summed E-state index contributed by atoms with van der Waals surface area (Å²) >= 11 is 0. The van der Waals surface area contributed by atoms with Crippen LogP contribution >= 0.6 is 0 Å². The Balaban J connectivity index is 2.64. The molecule has 4 nitrogen and oxygen atoms in total. The average molecular weight is 224 g/mol. The van der Waals surface area contributed by atoms with E-state index in [0.717, 1.165) is 5.56 Å². The van der Waals surface area contributed by atoms with Gasteiger partial charge in [-0.1, -0.05) is 6.07 Å². The average Bonchev–Trinajstić information content (AvgIpc) is 2.28. The first-order valence-electron chi connectivity index (χ1n) is 4.80. The van der Waals surface area contributed by atoms with Gasteiger partial charge in [-0.2, -0.15) is 0 Å². The van der Waals surface area contributed by atoms with Gasteiger partial charge in [0.25, 0.3) is 5.91 Å². The van der Waals surface area contributed by atoms with E-state index in [-0.39, 0.29) is 18.9 Å². The van der Waals surface area contributed by atoms with Gasteiger partial charge in [-0.05, 0) is 30.2 Å². The van der Waals surface area contributed by atoms with E-state index in [0.29, 0.717) is 5.56 Å². The molecule has 0 unspecified atom stereocenters. The molecule has 1 aromatic rings. The SMILES string of the molecule is Cc1ccc(F)cc1CNC(=O)C(=O)CN. The first kappa shape index (κ1) is 12.3. The van der Waals surface area contributed by atoms with Gasteiger partial charge < -0.3 is 11.1 Å². The molecule has 0 aromatic heterocycles. The molecule has 0 atom stereocenters. The summed E-state index contributed by atoms with van der Waals surface area (Å²) in [5, 5.41) is 2.38. The van der Waals surface area contributed by atoms with E-state index in [1.54, 1.807) is 13.0 Å². The van der Waals surface area contributed by atoms with Crippen LogP contribution in [0.15, 0.2) is 18.2 Å². The highest BCUT2D eigenvalue weighted by Crippen LogP contribution is 2.09. The molecule has 0 bridgehead atoms. The minimum absolute atomic E-state index is 0.119. The van der Waals surface area contributed by atoms with Crippen molar-refractivity contribution in [3.8, 4) is 0 Å². The number of amides is 1. The number of nitrogens with one attached hydrogen (secondary N) is 1. The number of Topliss-reactive ketones (excluding diaryl/α,β-unsaturated/α-hetero) is 1. The first-order chi connectivity index (χ1) is 7.54. The van der Waals surface area contributed by atoms with Crippen molar-refractivity contribution in [3.63, 3.8) is 0 Å². The van der Waals surface area contributed by atoms with Crippen LogP contribution in [-0.2, 0) is 16.1 Å². The molecule has 0 spiro atoms. The van der Waals surface area contributed by atoms with Crippen molar-refractivity contribution in [1.29, 1.82) is 0 Å². The number of aryl methyl sites for hydroxylation is 1. The Bertz CT molecular complexity index is 418. The summed E-state index contributed by atoms with van der Waals surface area (Å²) in [6, 6.07) is 4.27. The zero-order chi connectivity index (χ0) is 12.1. The van der Waals surface area contributed by atoms with Crippen molar-refractivity contribution < 1.29 is 14.0 Å². The Morgan fingerprint density at radius 2 is 2.12 bits per heavy atom. The number of halogens is 1. The maximum atomic E-state index is 12.9. The van der Waals surface area contributed by atoms with E-state index in [1.165, 1.54) is 12.1 Å². The van der Waals surface area contributed by atoms with Crippen molar-refractivity contribution in [1.82, 2.24) is 5.32 Å².